The Hall–Kier alpha value is -4.04. The third-order valence-corrected chi connectivity index (χ3v) is 7.68. The number of benzene rings is 3. The van der Waals surface area contributed by atoms with E-state index in [2.05, 4.69) is 5.32 Å². The Morgan fingerprint density at radius 1 is 1.00 bits per heavy atom. The maximum Gasteiger partial charge on any atom is 0.327 e. The standard InChI is InChI=1S/C30H29FN2O5/c1-4-33-27(34)24-25(28(33)35)30(29(36)38-3,17-18-8-6-5-7-9-18)32-26(24)20-12-15-22(23(16-20)37-2)19-10-13-21(31)14-11-19/h5-16,24-26,32H,4,17H2,1-3H3/t24?,25?,26?,30-/m1/s1. The Kier molecular flexibility index (Phi) is 6.75. The van der Waals surface area contributed by atoms with Gasteiger partial charge in [0.15, 0.2) is 0 Å². The van der Waals surface area contributed by atoms with E-state index in [1.807, 2.05) is 42.5 Å². The highest BCUT2D eigenvalue weighted by Gasteiger charge is 2.68. The molecule has 2 aliphatic rings. The number of hydrogen-bond donors (Lipinski definition) is 1. The predicted octanol–water partition coefficient (Wildman–Crippen LogP) is 3.92. The van der Waals surface area contributed by atoms with Crippen LogP contribution in [0.1, 0.15) is 24.1 Å². The van der Waals surface area contributed by atoms with Gasteiger partial charge < -0.3 is 9.47 Å². The van der Waals surface area contributed by atoms with Gasteiger partial charge in [-0.15, -0.1) is 0 Å². The minimum absolute atomic E-state index is 0.180. The molecule has 1 N–H and O–H groups in total. The molecule has 0 saturated carbocycles. The van der Waals surface area contributed by atoms with Crippen LogP contribution in [0.4, 0.5) is 4.39 Å². The quantitative estimate of drug-likeness (QED) is 0.379. The first-order valence-electron chi connectivity index (χ1n) is 12.5. The van der Waals surface area contributed by atoms with E-state index in [4.69, 9.17) is 9.47 Å². The van der Waals surface area contributed by atoms with Crippen LogP contribution in [0.3, 0.4) is 0 Å². The number of carbonyl (C=O) groups excluding carboxylic acids is 3. The zero-order valence-corrected chi connectivity index (χ0v) is 21.4. The van der Waals surface area contributed by atoms with Gasteiger partial charge in [-0.3, -0.25) is 24.6 Å². The summed E-state index contributed by atoms with van der Waals surface area (Å²) in [6, 6.07) is 20.3. The number of rotatable bonds is 7. The van der Waals surface area contributed by atoms with Crippen molar-refractivity contribution in [2.45, 2.75) is 24.9 Å². The molecule has 2 fully saturated rings. The SMILES string of the molecule is CCN1C(=O)C2C(c3ccc(-c4ccc(F)cc4)c(OC)c3)N[C@@](Cc3ccccc3)(C(=O)OC)C2C1=O. The van der Waals surface area contributed by atoms with Gasteiger partial charge in [0, 0.05) is 24.6 Å². The van der Waals surface area contributed by atoms with Crippen molar-refractivity contribution in [3.63, 3.8) is 0 Å². The smallest absolute Gasteiger partial charge is 0.327 e. The van der Waals surface area contributed by atoms with Crippen LogP contribution in [0.2, 0.25) is 0 Å². The summed E-state index contributed by atoms with van der Waals surface area (Å²) in [4.78, 5) is 41.9. The number of methoxy groups -OCH3 is 2. The second-order valence-corrected chi connectivity index (χ2v) is 9.64. The van der Waals surface area contributed by atoms with Gasteiger partial charge >= 0.3 is 5.97 Å². The average molecular weight is 517 g/mol. The highest BCUT2D eigenvalue weighted by atomic mass is 19.1. The summed E-state index contributed by atoms with van der Waals surface area (Å²) in [7, 11) is 2.83. The molecular weight excluding hydrogens is 487 g/mol. The molecule has 0 radical (unpaired) electrons. The topological polar surface area (TPSA) is 84.9 Å². The Balaban J connectivity index is 1.63. The molecule has 196 valence electrons. The van der Waals surface area contributed by atoms with Crippen LogP contribution < -0.4 is 10.1 Å². The van der Waals surface area contributed by atoms with Crippen molar-refractivity contribution in [1.29, 1.82) is 0 Å². The van der Waals surface area contributed by atoms with Crippen molar-refractivity contribution >= 4 is 17.8 Å². The number of imide groups is 1. The van der Waals surface area contributed by atoms with Crippen LogP contribution >= 0.6 is 0 Å². The van der Waals surface area contributed by atoms with Crippen LogP contribution in [0.25, 0.3) is 11.1 Å². The lowest BCUT2D eigenvalue weighted by Crippen LogP contribution is -2.57. The van der Waals surface area contributed by atoms with Crippen LogP contribution in [0.15, 0.2) is 72.8 Å². The summed E-state index contributed by atoms with van der Waals surface area (Å²) >= 11 is 0. The molecule has 0 aliphatic carbocycles. The number of halogens is 1. The van der Waals surface area contributed by atoms with Gasteiger partial charge in [0.2, 0.25) is 11.8 Å². The summed E-state index contributed by atoms with van der Waals surface area (Å²) in [5.41, 5.74) is 1.61. The largest absolute Gasteiger partial charge is 0.496 e. The maximum absolute atomic E-state index is 13.6. The zero-order chi connectivity index (χ0) is 27.0. The second-order valence-electron chi connectivity index (χ2n) is 9.64. The summed E-state index contributed by atoms with van der Waals surface area (Å²) < 4.78 is 24.4. The summed E-state index contributed by atoms with van der Waals surface area (Å²) in [6.07, 6.45) is 0.180. The molecule has 38 heavy (non-hydrogen) atoms. The summed E-state index contributed by atoms with van der Waals surface area (Å²) in [5.74, 6) is -2.84. The zero-order valence-electron chi connectivity index (χ0n) is 21.4. The molecule has 3 unspecified atom stereocenters. The minimum Gasteiger partial charge on any atom is -0.496 e. The molecule has 4 atom stereocenters. The molecule has 2 amide bonds. The van der Waals surface area contributed by atoms with Gasteiger partial charge in [-0.05, 0) is 41.8 Å². The van der Waals surface area contributed by atoms with Crippen LogP contribution in [-0.4, -0.2) is 49.0 Å². The Morgan fingerprint density at radius 2 is 1.71 bits per heavy atom. The lowest BCUT2D eigenvalue weighted by molar-refractivity contribution is -0.154. The number of hydrogen-bond acceptors (Lipinski definition) is 6. The van der Waals surface area contributed by atoms with Gasteiger partial charge in [-0.2, -0.15) is 0 Å². The van der Waals surface area contributed by atoms with Crippen molar-refractivity contribution in [2.24, 2.45) is 11.8 Å². The highest BCUT2D eigenvalue weighted by Crippen LogP contribution is 2.51. The fraction of sp³-hybridized carbons (Fsp3) is 0.300. The molecule has 3 aromatic carbocycles. The average Bonchev–Trinajstić information content (AvgIpc) is 3.42. The summed E-state index contributed by atoms with van der Waals surface area (Å²) in [5, 5.41) is 3.40. The first kappa shape index (κ1) is 25.6. The lowest BCUT2D eigenvalue weighted by atomic mass is 9.76. The minimum atomic E-state index is -1.44. The number of carbonyl (C=O) groups is 3. The highest BCUT2D eigenvalue weighted by molar-refractivity contribution is 6.09. The fourth-order valence-corrected chi connectivity index (χ4v) is 5.95. The second kappa shape index (κ2) is 10.0. The van der Waals surface area contributed by atoms with E-state index in [-0.39, 0.29) is 30.6 Å². The van der Waals surface area contributed by atoms with Gasteiger partial charge in [0.05, 0.1) is 26.1 Å². The van der Waals surface area contributed by atoms with Crippen molar-refractivity contribution in [3.05, 3.63) is 89.7 Å². The molecule has 0 spiro atoms. The molecular formula is C30H29FN2O5. The monoisotopic (exact) mass is 516 g/mol. The van der Waals surface area contributed by atoms with Crippen LogP contribution in [0, 0.1) is 17.7 Å². The molecule has 7 nitrogen and oxygen atoms in total. The Morgan fingerprint density at radius 3 is 2.34 bits per heavy atom. The van der Waals surface area contributed by atoms with Gasteiger partial charge in [0.25, 0.3) is 0 Å². The third-order valence-electron chi connectivity index (χ3n) is 7.68. The van der Waals surface area contributed by atoms with E-state index in [1.54, 1.807) is 25.1 Å². The number of likely N-dealkylation sites (tertiary alicyclic amines) is 1. The van der Waals surface area contributed by atoms with Gasteiger partial charge in [-0.25, -0.2) is 4.39 Å². The molecule has 0 aromatic heterocycles. The number of fused-ring (bicyclic) bond motifs is 1. The number of amides is 2. The van der Waals surface area contributed by atoms with Crippen LogP contribution in [0.5, 0.6) is 5.75 Å². The normalized spacial score (nSPS) is 24.4. The van der Waals surface area contributed by atoms with Gasteiger partial charge in [0.1, 0.15) is 17.1 Å². The lowest BCUT2D eigenvalue weighted by Gasteiger charge is -2.32. The van der Waals surface area contributed by atoms with Gasteiger partial charge in [-0.1, -0.05) is 54.6 Å². The van der Waals surface area contributed by atoms with E-state index in [9.17, 15) is 18.8 Å². The van der Waals surface area contributed by atoms with E-state index in [0.717, 1.165) is 16.7 Å². The summed E-state index contributed by atoms with van der Waals surface area (Å²) in [6.45, 7) is 1.96. The first-order valence-corrected chi connectivity index (χ1v) is 12.5. The van der Waals surface area contributed by atoms with Crippen molar-refractivity contribution in [1.82, 2.24) is 10.2 Å². The molecule has 5 rings (SSSR count). The Labute approximate surface area is 220 Å². The van der Waals surface area contributed by atoms with Crippen molar-refractivity contribution in [3.8, 4) is 16.9 Å². The third kappa shape index (κ3) is 4.05. The van der Waals surface area contributed by atoms with Crippen molar-refractivity contribution in [2.75, 3.05) is 20.8 Å². The molecule has 2 aliphatic heterocycles. The van der Waals surface area contributed by atoms with E-state index in [0.29, 0.717) is 11.3 Å². The predicted molar refractivity (Wildman–Crippen MR) is 139 cm³/mol. The van der Waals surface area contributed by atoms with Crippen LogP contribution in [-0.2, 0) is 25.5 Å². The molecule has 2 saturated heterocycles. The molecule has 0 bridgehead atoms. The van der Waals surface area contributed by atoms with E-state index < -0.39 is 29.4 Å². The fourth-order valence-electron chi connectivity index (χ4n) is 5.95. The molecule has 2 heterocycles. The number of nitrogens with zero attached hydrogens (tertiary/aromatic N) is 1. The number of esters is 1. The molecule has 3 aromatic rings. The molecule has 8 heteroatoms. The first-order chi connectivity index (χ1) is 18.3. The van der Waals surface area contributed by atoms with E-state index >= 15 is 0 Å². The van der Waals surface area contributed by atoms with Crippen molar-refractivity contribution < 1.29 is 28.2 Å². The number of nitrogens with one attached hydrogen (secondary N) is 1. The maximum atomic E-state index is 13.6. The van der Waals surface area contributed by atoms with E-state index in [1.165, 1.54) is 31.3 Å². The number of ether oxygens (including phenoxy) is 2. The Bertz CT molecular complexity index is 1380.